The number of fused-ring (bicyclic) bond motifs is 5. The van der Waals surface area contributed by atoms with Gasteiger partial charge in [0.05, 0.1) is 29.2 Å². The first-order valence-electron chi connectivity index (χ1n) is 14.5. The zero-order valence-electron chi connectivity index (χ0n) is 25.2. The number of hydrogen-bond acceptors (Lipinski definition) is 7. The number of nitrogen functional groups attached to an aromatic ring is 1. The molecule has 2 aliphatic rings. The smallest absolute Gasteiger partial charge is 0.283 e. The minimum Gasteiger partial charge on any atom is -0.507 e. The normalized spacial score (nSPS) is 17.9. The lowest BCUT2D eigenvalue weighted by molar-refractivity contribution is -0.130. The number of halogens is 2. The van der Waals surface area contributed by atoms with Gasteiger partial charge in [-0.25, -0.2) is 13.8 Å². The lowest BCUT2D eigenvalue weighted by atomic mass is 9.97. The third-order valence-corrected chi connectivity index (χ3v) is 8.66. The van der Waals surface area contributed by atoms with Crippen molar-refractivity contribution in [2.45, 2.75) is 38.8 Å². The molecule has 4 heterocycles. The largest absolute Gasteiger partial charge is 0.507 e. The summed E-state index contributed by atoms with van der Waals surface area (Å²) >= 11 is 0. The summed E-state index contributed by atoms with van der Waals surface area (Å²) in [6, 6.07) is 8.61. The van der Waals surface area contributed by atoms with E-state index in [9.17, 15) is 19.5 Å². The number of phenolic OH excluding ortho intramolecular Hbond substituents is 1. The molecule has 10 nitrogen and oxygen atoms in total. The first-order chi connectivity index (χ1) is 21.4. The van der Waals surface area contributed by atoms with Crippen LogP contribution in [0.3, 0.4) is 0 Å². The molecule has 0 radical (unpaired) electrons. The monoisotopic (exact) mass is 614 g/mol. The molecule has 0 unspecified atom stereocenters. The molecule has 45 heavy (non-hydrogen) atoms. The number of nitrogens with zero attached hydrogens (tertiary/aromatic N) is 5. The lowest BCUT2D eigenvalue weighted by Crippen LogP contribution is -2.66. The van der Waals surface area contributed by atoms with Crippen molar-refractivity contribution in [1.82, 2.24) is 14.5 Å². The van der Waals surface area contributed by atoms with Crippen LogP contribution in [-0.2, 0) is 9.59 Å². The van der Waals surface area contributed by atoms with Gasteiger partial charge in [-0.05, 0) is 48.7 Å². The number of piperazine rings is 1. The number of phenols is 1. The standard InChI is InChI=1S/C33H32F2N6O4/c1-6-25(43)39-15-23-32(44)38(5)30-29(40(23)14-17(39)4)19-13-21(35)27(26-20(34)10-8-12-24(26)42)37-31(19)41(33(30)45)28-18(16(2)3)9-7-11-22(28)36/h6-13,16-17,23,42H,1,14-15,36H2,2-5H3/t17-,23-/m1/s1. The highest BCUT2D eigenvalue weighted by Gasteiger charge is 2.46. The number of benzene rings is 2. The van der Waals surface area contributed by atoms with Crippen molar-refractivity contribution in [2.75, 3.05) is 35.7 Å². The van der Waals surface area contributed by atoms with Gasteiger partial charge in [0.1, 0.15) is 29.0 Å². The fourth-order valence-electron chi connectivity index (χ4n) is 6.47. The molecule has 0 aliphatic carbocycles. The molecule has 2 aliphatic heterocycles. The highest BCUT2D eigenvalue weighted by Crippen LogP contribution is 2.44. The van der Waals surface area contributed by atoms with Crippen LogP contribution in [0.5, 0.6) is 5.75 Å². The summed E-state index contributed by atoms with van der Waals surface area (Å²) in [4.78, 5) is 50.2. The molecule has 232 valence electrons. The van der Waals surface area contributed by atoms with E-state index < -0.39 is 52.2 Å². The first kappa shape index (κ1) is 29.8. The predicted octanol–water partition coefficient (Wildman–Crippen LogP) is 4.31. The highest BCUT2D eigenvalue weighted by atomic mass is 19.1. The van der Waals surface area contributed by atoms with E-state index in [4.69, 9.17) is 5.73 Å². The van der Waals surface area contributed by atoms with E-state index in [0.29, 0.717) is 11.3 Å². The second kappa shape index (κ2) is 10.7. The average Bonchev–Trinajstić information content (AvgIpc) is 2.99. The summed E-state index contributed by atoms with van der Waals surface area (Å²) in [6.45, 7) is 9.38. The molecule has 2 amide bonds. The molecular weight excluding hydrogens is 582 g/mol. The van der Waals surface area contributed by atoms with Crippen LogP contribution in [0.2, 0.25) is 0 Å². The molecule has 2 atom stereocenters. The van der Waals surface area contributed by atoms with E-state index >= 15 is 8.78 Å². The maximum atomic E-state index is 16.1. The van der Waals surface area contributed by atoms with Crippen LogP contribution in [0.15, 0.2) is 59.9 Å². The van der Waals surface area contributed by atoms with Crippen molar-refractivity contribution in [3.8, 4) is 22.7 Å². The SMILES string of the molecule is C=CC(=O)N1C[C@@H]2C(=O)N(C)c3c(c4cc(F)c(-c5c(O)cccc5F)nc4n(-c4c(N)cccc4C(C)C)c3=O)N2C[C@H]1C. The number of hydrogen-bond donors (Lipinski definition) is 2. The Kier molecular flexibility index (Phi) is 7.10. The quantitative estimate of drug-likeness (QED) is 0.259. The number of pyridine rings is 2. The number of para-hydroxylation sites is 1. The zero-order chi connectivity index (χ0) is 32.5. The van der Waals surface area contributed by atoms with Crippen molar-refractivity contribution in [3.05, 3.63) is 82.7 Å². The highest BCUT2D eigenvalue weighted by molar-refractivity contribution is 6.12. The third-order valence-electron chi connectivity index (χ3n) is 8.66. The molecular formula is C33H32F2N6O4. The van der Waals surface area contributed by atoms with Crippen molar-refractivity contribution in [2.24, 2.45) is 0 Å². The van der Waals surface area contributed by atoms with Gasteiger partial charge in [-0.3, -0.25) is 19.0 Å². The first-order valence-corrected chi connectivity index (χ1v) is 14.5. The molecule has 4 aromatic rings. The van der Waals surface area contributed by atoms with E-state index in [1.54, 1.807) is 24.0 Å². The van der Waals surface area contributed by atoms with Gasteiger partial charge in [0, 0.05) is 25.0 Å². The Morgan fingerprint density at radius 3 is 2.47 bits per heavy atom. The number of carbonyl (C=O) groups is 2. The maximum Gasteiger partial charge on any atom is 0.283 e. The van der Waals surface area contributed by atoms with Crippen LogP contribution in [0.1, 0.15) is 32.3 Å². The van der Waals surface area contributed by atoms with E-state index in [0.717, 1.165) is 12.1 Å². The zero-order valence-corrected chi connectivity index (χ0v) is 25.2. The minimum absolute atomic E-state index is 0.0133. The molecule has 6 rings (SSSR count). The van der Waals surface area contributed by atoms with Crippen LogP contribution in [0.25, 0.3) is 28.0 Å². The summed E-state index contributed by atoms with van der Waals surface area (Å²) < 4.78 is 32.4. The number of anilines is 3. The third kappa shape index (κ3) is 4.42. The van der Waals surface area contributed by atoms with E-state index in [1.807, 2.05) is 19.9 Å². The lowest BCUT2D eigenvalue weighted by Gasteiger charge is -2.49. The molecule has 0 saturated carbocycles. The Bertz CT molecular complexity index is 1970. The van der Waals surface area contributed by atoms with Crippen LogP contribution in [0.4, 0.5) is 25.8 Å². The van der Waals surface area contributed by atoms with Crippen molar-refractivity contribution < 1.29 is 23.5 Å². The molecule has 12 heteroatoms. The minimum atomic E-state index is -0.954. The number of amides is 2. The van der Waals surface area contributed by atoms with E-state index in [1.165, 1.54) is 39.6 Å². The van der Waals surface area contributed by atoms with Gasteiger partial charge in [0.15, 0.2) is 11.5 Å². The number of carbonyl (C=O) groups excluding carboxylic acids is 2. The number of nitrogens with two attached hydrogens (primary N) is 1. The number of likely N-dealkylation sites (N-methyl/N-ethyl adjacent to an activating group) is 1. The van der Waals surface area contributed by atoms with Crippen molar-refractivity contribution in [1.29, 1.82) is 0 Å². The van der Waals surface area contributed by atoms with E-state index in [-0.39, 0.29) is 53.0 Å². The van der Waals surface area contributed by atoms with Crippen LogP contribution >= 0.6 is 0 Å². The topological polar surface area (TPSA) is 125 Å². The second-order valence-corrected chi connectivity index (χ2v) is 11.7. The molecule has 1 saturated heterocycles. The van der Waals surface area contributed by atoms with Gasteiger partial charge in [0.2, 0.25) is 5.91 Å². The number of rotatable bonds is 4. The summed E-state index contributed by atoms with van der Waals surface area (Å²) in [6.07, 6.45) is 1.18. The number of aromatic hydroxyl groups is 1. The Hall–Kier alpha value is -5.26. The van der Waals surface area contributed by atoms with Gasteiger partial charge in [-0.2, -0.15) is 0 Å². The van der Waals surface area contributed by atoms with Gasteiger partial charge in [0.25, 0.3) is 11.5 Å². The predicted molar refractivity (Wildman–Crippen MR) is 169 cm³/mol. The summed E-state index contributed by atoms with van der Waals surface area (Å²) in [7, 11) is 1.46. The Morgan fingerprint density at radius 1 is 1.09 bits per heavy atom. The number of aromatic nitrogens is 2. The van der Waals surface area contributed by atoms with E-state index in [2.05, 4.69) is 11.6 Å². The summed E-state index contributed by atoms with van der Waals surface area (Å²) in [5, 5.41) is 10.7. The average molecular weight is 615 g/mol. The van der Waals surface area contributed by atoms with Gasteiger partial charge in [-0.1, -0.05) is 38.6 Å². The molecule has 3 N–H and O–H groups in total. The Morgan fingerprint density at radius 2 is 1.80 bits per heavy atom. The molecule has 2 aromatic carbocycles. The second-order valence-electron chi connectivity index (χ2n) is 11.7. The Balaban J connectivity index is 1.76. The fourth-order valence-corrected chi connectivity index (χ4v) is 6.47. The van der Waals surface area contributed by atoms with Gasteiger partial charge < -0.3 is 25.5 Å². The van der Waals surface area contributed by atoms with Gasteiger partial charge >= 0.3 is 0 Å². The summed E-state index contributed by atoms with van der Waals surface area (Å²) in [5.41, 5.74) is 6.31. The molecule has 2 aromatic heterocycles. The van der Waals surface area contributed by atoms with Gasteiger partial charge in [-0.15, -0.1) is 0 Å². The fraction of sp³-hybridized carbons (Fsp3) is 0.273. The molecule has 1 fully saturated rings. The maximum absolute atomic E-state index is 16.1. The molecule has 0 spiro atoms. The van der Waals surface area contributed by atoms with Crippen LogP contribution < -0.4 is 21.1 Å². The van der Waals surface area contributed by atoms with Crippen molar-refractivity contribution >= 4 is 39.9 Å². The molecule has 0 bridgehead atoms. The van der Waals surface area contributed by atoms with Crippen LogP contribution in [0, 0.1) is 11.6 Å². The van der Waals surface area contributed by atoms with Crippen molar-refractivity contribution in [3.63, 3.8) is 0 Å². The Labute approximate surface area is 257 Å². The van der Waals surface area contributed by atoms with Crippen LogP contribution in [-0.4, -0.2) is 63.6 Å². The summed E-state index contributed by atoms with van der Waals surface area (Å²) in [5.74, 6) is -3.27.